The first-order valence-electron chi connectivity index (χ1n) is 7.98. The van der Waals surface area contributed by atoms with E-state index in [-0.39, 0.29) is 35.8 Å². The van der Waals surface area contributed by atoms with Gasteiger partial charge in [0.05, 0.1) is 6.54 Å². The first kappa shape index (κ1) is 19.7. The molecule has 1 aliphatic rings. The van der Waals surface area contributed by atoms with Crippen molar-refractivity contribution < 1.29 is 4.79 Å². The summed E-state index contributed by atoms with van der Waals surface area (Å²) in [4.78, 5) is 16.0. The van der Waals surface area contributed by atoms with Crippen LogP contribution in [0.3, 0.4) is 0 Å². The lowest BCUT2D eigenvalue weighted by molar-refractivity contribution is -0.118. The predicted octanol–water partition coefficient (Wildman–Crippen LogP) is 3.10. The second-order valence-corrected chi connectivity index (χ2v) is 6.22. The van der Waals surface area contributed by atoms with E-state index in [1.54, 1.807) is 0 Å². The van der Waals surface area contributed by atoms with Crippen molar-refractivity contribution in [2.75, 3.05) is 11.9 Å². The second-order valence-electron chi connectivity index (χ2n) is 6.22. The molecule has 4 N–H and O–H groups in total. The molecule has 1 aromatic rings. The lowest BCUT2D eigenvalue weighted by atomic mass is 9.85. The predicted molar refractivity (Wildman–Crippen MR) is 106 cm³/mol. The summed E-state index contributed by atoms with van der Waals surface area (Å²) < 4.78 is 0. The summed E-state index contributed by atoms with van der Waals surface area (Å²) in [6, 6.07) is 7.70. The number of nitrogens with two attached hydrogens (primary N) is 1. The van der Waals surface area contributed by atoms with Crippen molar-refractivity contribution in [3.63, 3.8) is 0 Å². The minimum atomic E-state index is -0.0224. The topological polar surface area (TPSA) is 79.5 Å². The summed E-state index contributed by atoms with van der Waals surface area (Å²) in [5, 5.41) is 6.04. The Morgan fingerprint density at radius 2 is 1.96 bits per heavy atom. The fraction of sp³-hybridized carbons (Fsp3) is 0.529. The van der Waals surface area contributed by atoms with E-state index in [9.17, 15) is 4.79 Å². The standard InChI is InChI=1S/C17H26N4O.HI/c1-12(2)16(22)21-15-8-6-14(7-9-15)11-20-17(18)19-10-13-4-3-5-13;/h6-9,12-13H,3-5,10-11H2,1-2H3,(H,21,22)(H3,18,19,20);1H. The van der Waals surface area contributed by atoms with Gasteiger partial charge in [-0.1, -0.05) is 32.4 Å². The molecule has 0 aliphatic heterocycles. The molecule has 0 unspecified atom stereocenters. The van der Waals surface area contributed by atoms with Crippen LogP contribution in [-0.2, 0) is 11.3 Å². The number of nitrogens with one attached hydrogen (secondary N) is 2. The number of carbonyl (C=O) groups excluding carboxylic acids is 1. The highest BCUT2D eigenvalue weighted by Crippen LogP contribution is 2.24. The third-order valence-corrected chi connectivity index (χ3v) is 3.97. The Bertz CT molecular complexity index is 524. The van der Waals surface area contributed by atoms with E-state index >= 15 is 0 Å². The van der Waals surface area contributed by atoms with Crippen LogP contribution >= 0.6 is 24.0 Å². The van der Waals surface area contributed by atoms with E-state index in [0.29, 0.717) is 12.5 Å². The third kappa shape index (κ3) is 6.76. The Morgan fingerprint density at radius 1 is 1.30 bits per heavy atom. The van der Waals surface area contributed by atoms with Gasteiger partial charge in [0, 0.05) is 18.2 Å². The third-order valence-electron chi connectivity index (χ3n) is 3.97. The van der Waals surface area contributed by atoms with Crippen molar-refractivity contribution in [2.45, 2.75) is 39.7 Å². The first-order chi connectivity index (χ1) is 10.5. The van der Waals surface area contributed by atoms with E-state index < -0.39 is 0 Å². The molecule has 1 aliphatic carbocycles. The molecule has 5 nitrogen and oxygen atoms in total. The molecule has 0 saturated heterocycles. The zero-order chi connectivity index (χ0) is 15.9. The number of hydrogen-bond acceptors (Lipinski definition) is 2. The molecule has 1 fully saturated rings. The van der Waals surface area contributed by atoms with Gasteiger partial charge >= 0.3 is 0 Å². The molecule has 1 amide bonds. The Labute approximate surface area is 155 Å². The quantitative estimate of drug-likeness (QED) is 0.369. The van der Waals surface area contributed by atoms with E-state index in [1.807, 2.05) is 38.1 Å². The molecule has 6 heteroatoms. The molecule has 0 spiro atoms. The van der Waals surface area contributed by atoms with Gasteiger partial charge in [0.2, 0.25) is 5.91 Å². The largest absolute Gasteiger partial charge is 0.370 e. The number of hydrogen-bond donors (Lipinski definition) is 3. The molecule has 23 heavy (non-hydrogen) atoms. The van der Waals surface area contributed by atoms with Gasteiger partial charge in [-0.2, -0.15) is 0 Å². The number of nitrogens with zero attached hydrogens (tertiary/aromatic N) is 1. The molecule has 0 bridgehead atoms. The lowest BCUT2D eigenvalue weighted by Gasteiger charge is -2.25. The molecular weight excluding hydrogens is 403 g/mol. The van der Waals surface area contributed by atoms with Gasteiger partial charge in [-0.05, 0) is 36.5 Å². The first-order valence-corrected chi connectivity index (χ1v) is 7.98. The lowest BCUT2D eigenvalue weighted by Crippen LogP contribution is -2.37. The highest BCUT2D eigenvalue weighted by molar-refractivity contribution is 14.0. The van der Waals surface area contributed by atoms with Crippen LogP contribution in [0.1, 0.15) is 38.7 Å². The van der Waals surface area contributed by atoms with Crippen molar-refractivity contribution in [1.29, 1.82) is 0 Å². The summed E-state index contributed by atoms with van der Waals surface area (Å²) in [6.45, 7) is 5.22. The number of aliphatic imine (C=N–C) groups is 1. The van der Waals surface area contributed by atoms with Gasteiger partial charge in [-0.25, -0.2) is 4.99 Å². The summed E-state index contributed by atoms with van der Waals surface area (Å²) in [5.74, 6) is 1.27. The summed E-state index contributed by atoms with van der Waals surface area (Å²) in [5.41, 5.74) is 7.73. The van der Waals surface area contributed by atoms with Crippen LogP contribution in [0.2, 0.25) is 0 Å². The maximum Gasteiger partial charge on any atom is 0.226 e. The van der Waals surface area contributed by atoms with Crippen molar-refractivity contribution in [1.82, 2.24) is 5.32 Å². The summed E-state index contributed by atoms with van der Waals surface area (Å²) in [7, 11) is 0. The van der Waals surface area contributed by atoms with Crippen molar-refractivity contribution in [3.8, 4) is 0 Å². The number of amides is 1. The molecule has 0 heterocycles. The number of rotatable bonds is 6. The normalized spacial score (nSPS) is 14.8. The smallest absolute Gasteiger partial charge is 0.226 e. The number of guanidine groups is 1. The fourth-order valence-corrected chi connectivity index (χ4v) is 2.16. The minimum Gasteiger partial charge on any atom is -0.370 e. The second kappa shape index (κ2) is 9.75. The molecule has 2 rings (SSSR count). The fourth-order valence-electron chi connectivity index (χ4n) is 2.16. The van der Waals surface area contributed by atoms with Gasteiger partial charge in [0.25, 0.3) is 0 Å². The Kier molecular flexibility index (Phi) is 8.36. The van der Waals surface area contributed by atoms with E-state index in [2.05, 4.69) is 15.6 Å². The van der Waals surface area contributed by atoms with Crippen LogP contribution in [0.4, 0.5) is 5.69 Å². The van der Waals surface area contributed by atoms with Crippen molar-refractivity contribution in [2.24, 2.45) is 22.6 Å². The highest BCUT2D eigenvalue weighted by atomic mass is 127. The molecule has 128 valence electrons. The Balaban J connectivity index is 0.00000264. The highest BCUT2D eigenvalue weighted by Gasteiger charge is 2.16. The van der Waals surface area contributed by atoms with Crippen LogP contribution in [0.5, 0.6) is 0 Å². The van der Waals surface area contributed by atoms with Gasteiger partial charge in [0.15, 0.2) is 5.96 Å². The van der Waals surface area contributed by atoms with Crippen LogP contribution in [0.15, 0.2) is 29.3 Å². The maximum atomic E-state index is 11.6. The van der Waals surface area contributed by atoms with Gasteiger partial charge < -0.3 is 16.4 Å². The molecule has 0 radical (unpaired) electrons. The molecule has 0 atom stereocenters. The van der Waals surface area contributed by atoms with E-state index in [1.165, 1.54) is 19.3 Å². The maximum absolute atomic E-state index is 11.6. The van der Waals surface area contributed by atoms with Crippen LogP contribution in [0.25, 0.3) is 0 Å². The zero-order valence-electron chi connectivity index (χ0n) is 13.8. The Hall–Kier alpha value is -1.31. The van der Waals surface area contributed by atoms with E-state index in [4.69, 9.17) is 5.73 Å². The molecule has 1 saturated carbocycles. The number of carbonyl (C=O) groups is 1. The minimum absolute atomic E-state index is 0. The molecule has 0 aromatic heterocycles. The van der Waals surface area contributed by atoms with Crippen LogP contribution < -0.4 is 16.4 Å². The van der Waals surface area contributed by atoms with Gasteiger partial charge in [-0.15, -0.1) is 24.0 Å². The summed E-state index contributed by atoms with van der Waals surface area (Å²) in [6.07, 6.45) is 3.93. The monoisotopic (exact) mass is 430 g/mol. The average molecular weight is 430 g/mol. The van der Waals surface area contributed by atoms with Gasteiger partial charge in [-0.3, -0.25) is 4.79 Å². The molecular formula is C17H27IN4O. The average Bonchev–Trinajstić information content (AvgIpc) is 2.44. The molecule has 1 aromatic carbocycles. The van der Waals surface area contributed by atoms with Gasteiger partial charge in [0.1, 0.15) is 0 Å². The summed E-state index contributed by atoms with van der Waals surface area (Å²) >= 11 is 0. The number of halogens is 1. The van der Waals surface area contributed by atoms with E-state index in [0.717, 1.165) is 23.7 Å². The van der Waals surface area contributed by atoms with Crippen molar-refractivity contribution in [3.05, 3.63) is 29.8 Å². The van der Waals surface area contributed by atoms with Crippen molar-refractivity contribution >= 4 is 41.5 Å². The zero-order valence-corrected chi connectivity index (χ0v) is 16.2. The van der Waals surface area contributed by atoms with Crippen LogP contribution in [-0.4, -0.2) is 18.4 Å². The number of anilines is 1. The number of benzene rings is 1. The van der Waals surface area contributed by atoms with Crippen LogP contribution in [0, 0.1) is 11.8 Å². The Morgan fingerprint density at radius 3 is 2.48 bits per heavy atom. The SMILES string of the molecule is CC(C)C(=O)Nc1ccc(CN=C(N)NCC2CCC2)cc1.I.